The molecule has 1 aromatic carbocycles. The van der Waals surface area contributed by atoms with Crippen molar-refractivity contribution in [3.8, 4) is 0 Å². The Morgan fingerprint density at radius 1 is 1.21 bits per heavy atom. The van der Waals surface area contributed by atoms with Gasteiger partial charge in [-0.25, -0.2) is 9.97 Å². The fourth-order valence-electron chi connectivity index (χ4n) is 1.82. The third-order valence-corrected chi connectivity index (χ3v) is 3.16. The predicted molar refractivity (Wildman–Crippen MR) is 80.1 cm³/mol. The smallest absolute Gasteiger partial charge is 0.224 e. The summed E-state index contributed by atoms with van der Waals surface area (Å²) in [7, 11) is 0. The fourth-order valence-corrected chi connectivity index (χ4v) is 1.95. The number of anilines is 2. The number of nitrogens with zero attached hydrogens (tertiary/aromatic N) is 2. The van der Waals surface area contributed by atoms with E-state index in [9.17, 15) is 0 Å². The zero-order valence-corrected chi connectivity index (χ0v) is 12.0. The van der Waals surface area contributed by atoms with E-state index in [1.165, 1.54) is 18.4 Å². The molecule has 0 unspecified atom stereocenters. The second kappa shape index (κ2) is 6.53. The molecule has 1 heterocycles. The minimum Gasteiger partial charge on any atom is -0.340 e. The summed E-state index contributed by atoms with van der Waals surface area (Å²) in [5, 5.41) is 3.52. The van der Waals surface area contributed by atoms with Crippen LogP contribution in [0.4, 0.5) is 11.5 Å². The Balaban J connectivity index is 2.08. The van der Waals surface area contributed by atoms with Crippen LogP contribution < -0.4 is 5.32 Å². The molecular weight excluding hydrogens is 258 g/mol. The first-order valence-electron chi connectivity index (χ1n) is 6.54. The number of aromatic nitrogens is 2. The van der Waals surface area contributed by atoms with Crippen molar-refractivity contribution in [3.63, 3.8) is 0 Å². The molecule has 1 aromatic heterocycles. The van der Waals surface area contributed by atoms with E-state index >= 15 is 0 Å². The Morgan fingerprint density at radius 2 is 1.95 bits per heavy atom. The summed E-state index contributed by atoms with van der Waals surface area (Å²) < 4.78 is 0. The number of benzene rings is 1. The first-order chi connectivity index (χ1) is 9.19. The van der Waals surface area contributed by atoms with Crippen LogP contribution in [0.3, 0.4) is 0 Å². The maximum atomic E-state index is 5.80. The van der Waals surface area contributed by atoms with Crippen molar-refractivity contribution in [2.45, 2.75) is 33.1 Å². The monoisotopic (exact) mass is 275 g/mol. The molecule has 1 N–H and O–H groups in total. The Labute approximate surface area is 119 Å². The molecule has 0 radical (unpaired) electrons. The number of aryl methyl sites for hydroxylation is 2. The number of unbranched alkanes of at least 4 members (excludes halogenated alkanes) is 1. The van der Waals surface area contributed by atoms with Gasteiger partial charge in [-0.15, -0.1) is 0 Å². The largest absolute Gasteiger partial charge is 0.340 e. The summed E-state index contributed by atoms with van der Waals surface area (Å²) in [4.78, 5) is 8.13. The van der Waals surface area contributed by atoms with Gasteiger partial charge >= 0.3 is 0 Å². The zero-order valence-electron chi connectivity index (χ0n) is 11.3. The normalized spacial score (nSPS) is 10.5. The van der Waals surface area contributed by atoms with Gasteiger partial charge in [0.2, 0.25) is 5.28 Å². The minimum atomic E-state index is 0.257. The van der Waals surface area contributed by atoms with Gasteiger partial charge < -0.3 is 5.32 Å². The highest BCUT2D eigenvalue weighted by Gasteiger charge is 2.03. The van der Waals surface area contributed by atoms with E-state index in [2.05, 4.69) is 46.5 Å². The number of hydrogen-bond acceptors (Lipinski definition) is 3. The number of halogens is 1. The molecule has 0 saturated carbocycles. The molecule has 2 rings (SSSR count). The highest BCUT2D eigenvalue weighted by molar-refractivity contribution is 6.28. The van der Waals surface area contributed by atoms with Gasteiger partial charge in [0.05, 0.1) is 0 Å². The molecule has 0 aliphatic rings. The highest BCUT2D eigenvalue weighted by Crippen LogP contribution is 2.19. The molecule has 0 spiro atoms. The standard InChI is InChI=1S/C15H18ClN3/c1-3-4-5-12-6-8-13(9-7-12)18-14-11(2)10-17-15(16)19-14/h6-10H,3-5H2,1-2H3,(H,17,18,19). The topological polar surface area (TPSA) is 37.8 Å². The molecule has 0 amide bonds. The Kier molecular flexibility index (Phi) is 4.74. The maximum Gasteiger partial charge on any atom is 0.224 e. The van der Waals surface area contributed by atoms with Crippen LogP contribution in [0.2, 0.25) is 5.28 Å². The molecule has 0 atom stereocenters. The van der Waals surface area contributed by atoms with Gasteiger partial charge in [-0.1, -0.05) is 25.5 Å². The van der Waals surface area contributed by atoms with Crippen LogP contribution in [0.5, 0.6) is 0 Å². The van der Waals surface area contributed by atoms with Crippen molar-refractivity contribution in [2.75, 3.05) is 5.32 Å². The van der Waals surface area contributed by atoms with E-state index in [-0.39, 0.29) is 5.28 Å². The van der Waals surface area contributed by atoms with E-state index in [4.69, 9.17) is 11.6 Å². The van der Waals surface area contributed by atoms with Gasteiger partial charge in [0, 0.05) is 17.4 Å². The molecule has 0 fully saturated rings. The third kappa shape index (κ3) is 3.93. The van der Waals surface area contributed by atoms with Gasteiger partial charge in [-0.2, -0.15) is 0 Å². The molecule has 0 saturated heterocycles. The molecular formula is C15H18ClN3. The molecule has 4 heteroatoms. The lowest BCUT2D eigenvalue weighted by molar-refractivity contribution is 0.795. The lowest BCUT2D eigenvalue weighted by Crippen LogP contribution is -1.98. The Bertz CT molecular complexity index is 538. The van der Waals surface area contributed by atoms with Crippen LogP contribution in [-0.2, 0) is 6.42 Å². The Hall–Kier alpha value is -1.61. The van der Waals surface area contributed by atoms with Crippen LogP contribution >= 0.6 is 11.6 Å². The van der Waals surface area contributed by atoms with E-state index in [0.29, 0.717) is 0 Å². The summed E-state index contributed by atoms with van der Waals surface area (Å²) in [5.41, 5.74) is 3.35. The predicted octanol–water partition coefficient (Wildman–Crippen LogP) is 4.52. The van der Waals surface area contributed by atoms with E-state index in [1.54, 1.807) is 6.20 Å². The summed E-state index contributed by atoms with van der Waals surface area (Å²) in [6, 6.07) is 8.44. The molecule has 0 bridgehead atoms. The van der Waals surface area contributed by atoms with Crippen LogP contribution in [0.25, 0.3) is 0 Å². The van der Waals surface area contributed by atoms with Crippen LogP contribution in [-0.4, -0.2) is 9.97 Å². The lowest BCUT2D eigenvalue weighted by atomic mass is 10.1. The summed E-state index contributed by atoms with van der Waals surface area (Å²) in [6.07, 6.45) is 5.30. The van der Waals surface area contributed by atoms with Crippen molar-refractivity contribution in [3.05, 3.63) is 46.9 Å². The second-order valence-corrected chi connectivity index (χ2v) is 4.93. The second-order valence-electron chi connectivity index (χ2n) is 4.60. The third-order valence-electron chi connectivity index (χ3n) is 2.98. The number of hydrogen-bond donors (Lipinski definition) is 1. The van der Waals surface area contributed by atoms with E-state index in [1.807, 2.05) is 6.92 Å². The van der Waals surface area contributed by atoms with Crippen molar-refractivity contribution >= 4 is 23.1 Å². The molecule has 100 valence electrons. The SMILES string of the molecule is CCCCc1ccc(Nc2nc(Cl)ncc2C)cc1. The molecule has 0 aliphatic carbocycles. The van der Waals surface area contributed by atoms with Gasteiger partial charge in [-0.3, -0.25) is 0 Å². The number of rotatable bonds is 5. The van der Waals surface area contributed by atoms with Crippen LogP contribution in [0, 0.1) is 6.92 Å². The summed E-state index contributed by atoms with van der Waals surface area (Å²) in [6.45, 7) is 4.16. The van der Waals surface area contributed by atoms with Gasteiger partial charge in [0.25, 0.3) is 0 Å². The Morgan fingerprint density at radius 3 is 2.63 bits per heavy atom. The van der Waals surface area contributed by atoms with Crippen molar-refractivity contribution in [2.24, 2.45) is 0 Å². The van der Waals surface area contributed by atoms with Gasteiger partial charge in [0.15, 0.2) is 0 Å². The maximum absolute atomic E-state index is 5.80. The quantitative estimate of drug-likeness (QED) is 0.815. The zero-order chi connectivity index (χ0) is 13.7. The van der Waals surface area contributed by atoms with Crippen LogP contribution in [0.1, 0.15) is 30.9 Å². The van der Waals surface area contributed by atoms with Crippen molar-refractivity contribution in [1.29, 1.82) is 0 Å². The first-order valence-corrected chi connectivity index (χ1v) is 6.92. The van der Waals surface area contributed by atoms with Crippen molar-refractivity contribution in [1.82, 2.24) is 9.97 Å². The van der Waals surface area contributed by atoms with E-state index in [0.717, 1.165) is 23.5 Å². The lowest BCUT2D eigenvalue weighted by Gasteiger charge is -2.09. The summed E-state index contributed by atoms with van der Waals surface area (Å²) >= 11 is 5.80. The summed E-state index contributed by atoms with van der Waals surface area (Å²) in [5.74, 6) is 0.751. The molecule has 0 aliphatic heterocycles. The highest BCUT2D eigenvalue weighted by atomic mass is 35.5. The molecule has 19 heavy (non-hydrogen) atoms. The number of nitrogens with one attached hydrogen (secondary N) is 1. The van der Waals surface area contributed by atoms with Gasteiger partial charge in [0.1, 0.15) is 5.82 Å². The van der Waals surface area contributed by atoms with Gasteiger partial charge in [-0.05, 0) is 49.1 Å². The fraction of sp³-hybridized carbons (Fsp3) is 0.333. The first kappa shape index (κ1) is 13.8. The average molecular weight is 276 g/mol. The molecule has 3 nitrogen and oxygen atoms in total. The van der Waals surface area contributed by atoms with E-state index < -0.39 is 0 Å². The molecule has 2 aromatic rings. The van der Waals surface area contributed by atoms with Crippen LogP contribution in [0.15, 0.2) is 30.5 Å². The average Bonchev–Trinajstić information content (AvgIpc) is 2.42. The minimum absolute atomic E-state index is 0.257. The van der Waals surface area contributed by atoms with Crippen molar-refractivity contribution < 1.29 is 0 Å².